The number of nitrogens with zero attached hydrogens (tertiary/aromatic N) is 1. The molecule has 1 unspecified atom stereocenters. The molecule has 1 saturated heterocycles. The minimum atomic E-state index is -0.821. The van der Waals surface area contributed by atoms with E-state index in [2.05, 4.69) is 23.3 Å². The summed E-state index contributed by atoms with van der Waals surface area (Å²) < 4.78 is 0. The quantitative estimate of drug-likeness (QED) is 0.935. The van der Waals surface area contributed by atoms with Gasteiger partial charge >= 0.3 is 5.97 Å². The maximum atomic E-state index is 11.3. The first-order valence-corrected chi connectivity index (χ1v) is 8.10. The molecular formula is C17H19NO2S. The van der Waals surface area contributed by atoms with Gasteiger partial charge in [0.2, 0.25) is 0 Å². The molecule has 1 aliphatic heterocycles. The van der Waals surface area contributed by atoms with Crippen LogP contribution in [0.1, 0.15) is 38.7 Å². The fourth-order valence-electron chi connectivity index (χ4n) is 3.05. The lowest BCUT2D eigenvalue weighted by Crippen LogP contribution is -2.20. The van der Waals surface area contributed by atoms with Gasteiger partial charge in [0.25, 0.3) is 0 Å². The Morgan fingerprint density at radius 1 is 1.38 bits per heavy atom. The van der Waals surface area contributed by atoms with Crippen molar-refractivity contribution in [3.63, 3.8) is 0 Å². The Hall–Kier alpha value is -1.65. The van der Waals surface area contributed by atoms with E-state index in [0.717, 1.165) is 31.6 Å². The third-order valence-corrected chi connectivity index (χ3v) is 5.25. The van der Waals surface area contributed by atoms with Crippen LogP contribution in [0.15, 0.2) is 35.7 Å². The SMILES string of the molecule is Cc1ccsc1CN1CCC(c2ccccc2C(=O)O)C1. The van der Waals surface area contributed by atoms with Crippen LogP contribution in [0.2, 0.25) is 0 Å². The smallest absolute Gasteiger partial charge is 0.335 e. The Morgan fingerprint density at radius 3 is 2.90 bits per heavy atom. The number of hydrogen-bond donors (Lipinski definition) is 1. The molecule has 4 heteroatoms. The van der Waals surface area contributed by atoms with Crippen LogP contribution in [0.4, 0.5) is 0 Å². The molecular weight excluding hydrogens is 282 g/mol. The summed E-state index contributed by atoms with van der Waals surface area (Å²) in [6, 6.07) is 9.58. The Balaban J connectivity index is 1.73. The number of likely N-dealkylation sites (tertiary alicyclic amines) is 1. The molecule has 0 saturated carbocycles. The average Bonchev–Trinajstić information content (AvgIpc) is 3.09. The number of aromatic carboxylic acids is 1. The Morgan fingerprint density at radius 2 is 2.19 bits per heavy atom. The summed E-state index contributed by atoms with van der Waals surface area (Å²) in [5.41, 5.74) is 2.79. The molecule has 21 heavy (non-hydrogen) atoms. The number of carbonyl (C=O) groups is 1. The predicted molar refractivity (Wildman–Crippen MR) is 85.1 cm³/mol. The Labute approximate surface area is 128 Å². The van der Waals surface area contributed by atoms with Gasteiger partial charge in [0.05, 0.1) is 5.56 Å². The van der Waals surface area contributed by atoms with Crippen LogP contribution in [-0.4, -0.2) is 29.1 Å². The number of aryl methyl sites for hydroxylation is 1. The summed E-state index contributed by atoms with van der Waals surface area (Å²) in [4.78, 5) is 15.2. The lowest BCUT2D eigenvalue weighted by Gasteiger charge is -2.17. The van der Waals surface area contributed by atoms with Gasteiger partial charge in [-0.2, -0.15) is 0 Å². The van der Waals surface area contributed by atoms with E-state index in [1.165, 1.54) is 10.4 Å². The second kappa shape index (κ2) is 6.00. The lowest BCUT2D eigenvalue weighted by molar-refractivity contribution is 0.0695. The summed E-state index contributed by atoms with van der Waals surface area (Å²) >= 11 is 1.81. The lowest BCUT2D eigenvalue weighted by atomic mass is 9.93. The van der Waals surface area contributed by atoms with E-state index >= 15 is 0 Å². The number of rotatable bonds is 4. The average molecular weight is 301 g/mol. The van der Waals surface area contributed by atoms with Crippen LogP contribution in [0, 0.1) is 6.92 Å². The predicted octanol–water partition coefficient (Wildman–Crippen LogP) is 3.74. The molecule has 0 aliphatic carbocycles. The van der Waals surface area contributed by atoms with Gasteiger partial charge in [0.1, 0.15) is 0 Å². The molecule has 1 aromatic carbocycles. The zero-order valence-electron chi connectivity index (χ0n) is 12.1. The summed E-state index contributed by atoms with van der Waals surface area (Å²) in [7, 11) is 0. The molecule has 2 aromatic rings. The Bertz CT molecular complexity index is 650. The fraction of sp³-hybridized carbons (Fsp3) is 0.353. The number of carboxylic acid groups (broad SMARTS) is 1. The monoisotopic (exact) mass is 301 g/mol. The molecule has 1 aromatic heterocycles. The van der Waals surface area contributed by atoms with Crippen molar-refractivity contribution in [3.8, 4) is 0 Å². The summed E-state index contributed by atoms with van der Waals surface area (Å²) in [6.07, 6.45) is 1.04. The van der Waals surface area contributed by atoms with Crippen LogP contribution < -0.4 is 0 Å². The van der Waals surface area contributed by atoms with Gasteiger partial charge in [0, 0.05) is 18.0 Å². The van der Waals surface area contributed by atoms with Gasteiger partial charge in [0.15, 0.2) is 0 Å². The first-order chi connectivity index (χ1) is 10.1. The van der Waals surface area contributed by atoms with E-state index < -0.39 is 5.97 Å². The van der Waals surface area contributed by atoms with Crippen molar-refractivity contribution >= 4 is 17.3 Å². The van der Waals surface area contributed by atoms with Gasteiger partial charge in [-0.15, -0.1) is 11.3 Å². The molecule has 3 rings (SSSR count). The standard InChI is InChI=1S/C17H19NO2S/c1-12-7-9-21-16(12)11-18-8-6-13(10-18)14-4-2-3-5-15(14)17(19)20/h2-5,7,9,13H,6,8,10-11H2,1H3,(H,19,20). The van der Waals surface area contributed by atoms with Gasteiger partial charge < -0.3 is 5.11 Å². The highest BCUT2D eigenvalue weighted by molar-refractivity contribution is 7.10. The number of benzene rings is 1. The molecule has 1 fully saturated rings. The van der Waals surface area contributed by atoms with Crippen LogP contribution in [0.5, 0.6) is 0 Å². The zero-order valence-corrected chi connectivity index (χ0v) is 12.9. The molecule has 2 heterocycles. The molecule has 1 aliphatic rings. The normalized spacial score (nSPS) is 19.0. The highest BCUT2D eigenvalue weighted by Gasteiger charge is 2.27. The first-order valence-electron chi connectivity index (χ1n) is 7.22. The van der Waals surface area contributed by atoms with Crippen molar-refractivity contribution in [1.29, 1.82) is 0 Å². The maximum absolute atomic E-state index is 11.3. The van der Waals surface area contributed by atoms with E-state index in [9.17, 15) is 9.90 Å². The van der Waals surface area contributed by atoms with Crippen molar-refractivity contribution in [2.45, 2.75) is 25.8 Å². The van der Waals surface area contributed by atoms with E-state index in [0.29, 0.717) is 11.5 Å². The van der Waals surface area contributed by atoms with Crippen molar-refractivity contribution in [1.82, 2.24) is 4.90 Å². The third-order valence-electron chi connectivity index (χ3n) is 4.24. The van der Waals surface area contributed by atoms with Crippen LogP contribution in [0.25, 0.3) is 0 Å². The molecule has 0 amide bonds. The first kappa shape index (κ1) is 14.3. The van der Waals surface area contributed by atoms with E-state index in [-0.39, 0.29) is 0 Å². The fourth-order valence-corrected chi connectivity index (χ4v) is 3.99. The second-order valence-corrected chi connectivity index (χ2v) is 6.64. The molecule has 110 valence electrons. The maximum Gasteiger partial charge on any atom is 0.335 e. The molecule has 0 spiro atoms. The second-order valence-electron chi connectivity index (χ2n) is 5.64. The van der Waals surface area contributed by atoms with Gasteiger partial charge in [-0.3, -0.25) is 4.90 Å². The van der Waals surface area contributed by atoms with Crippen molar-refractivity contribution in [2.24, 2.45) is 0 Å². The van der Waals surface area contributed by atoms with Gasteiger partial charge in [-0.25, -0.2) is 4.79 Å². The molecule has 1 N–H and O–H groups in total. The number of hydrogen-bond acceptors (Lipinski definition) is 3. The molecule has 1 atom stereocenters. The van der Waals surface area contributed by atoms with Gasteiger partial charge in [-0.1, -0.05) is 18.2 Å². The largest absolute Gasteiger partial charge is 0.478 e. The van der Waals surface area contributed by atoms with E-state index in [4.69, 9.17) is 0 Å². The highest BCUT2D eigenvalue weighted by Crippen LogP contribution is 2.31. The van der Waals surface area contributed by atoms with Crippen LogP contribution in [-0.2, 0) is 6.54 Å². The van der Waals surface area contributed by atoms with Crippen molar-refractivity contribution in [2.75, 3.05) is 13.1 Å². The topological polar surface area (TPSA) is 40.5 Å². The third kappa shape index (κ3) is 3.01. The van der Waals surface area contributed by atoms with Gasteiger partial charge in [-0.05, 0) is 54.4 Å². The summed E-state index contributed by atoms with van der Waals surface area (Å²) in [5, 5.41) is 11.5. The molecule has 3 nitrogen and oxygen atoms in total. The number of thiophene rings is 1. The molecule has 0 radical (unpaired) electrons. The minimum Gasteiger partial charge on any atom is -0.478 e. The Kier molecular flexibility index (Phi) is 4.08. The molecule has 0 bridgehead atoms. The van der Waals surface area contributed by atoms with Crippen LogP contribution >= 0.6 is 11.3 Å². The van der Waals surface area contributed by atoms with Crippen molar-refractivity contribution in [3.05, 3.63) is 57.3 Å². The zero-order chi connectivity index (χ0) is 14.8. The van der Waals surface area contributed by atoms with E-state index in [1.54, 1.807) is 23.5 Å². The van der Waals surface area contributed by atoms with Crippen LogP contribution in [0.3, 0.4) is 0 Å². The van der Waals surface area contributed by atoms with Crippen molar-refractivity contribution < 1.29 is 9.90 Å². The summed E-state index contributed by atoms with van der Waals surface area (Å²) in [5.74, 6) is -0.490. The summed E-state index contributed by atoms with van der Waals surface area (Å²) in [6.45, 7) is 5.12. The highest BCUT2D eigenvalue weighted by atomic mass is 32.1. The van der Waals surface area contributed by atoms with E-state index in [1.807, 2.05) is 12.1 Å². The minimum absolute atomic E-state index is 0.331. The number of carboxylic acids is 1.